The fourth-order valence-corrected chi connectivity index (χ4v) is 4.77. The maximum absolute atomic E-state index is 13.6. The lowest BCUT2D eigenvalue weighted by Crippen LogP contribution is -2.52. The lowest BCUT2D eigenvalue weighted by Gasteiger charge is -2.44. The summed E-state index contributed by atoms with van der Waals surface area (Å²) in [6, 6.07) is 25.0. The van der Waals surface area contributed by atoms with Crippen molar-refractivity contribution in [1.82, 2.24) is 4.90 Å². The fourth-order valence-electron chi connectivity index (χ4n) is 4.77. The summed E-state index contributed by atoms with van der Waals surface area (Å²) in [6.45, 7) is 1.08. The average Bonchev–Trinajstić information content (AvgIpc) is 2.88. The van der Waals surface area contributed by atoms with E-state index in [1.807, 2.05) is 77.7 Å². The molecule has 172 valence electrons. The van der Waals surface area contributed by atoms with Crippen LogP contribution in [0.2, 0.25) is 0 Å². The number of methoxy groups -OCH3 is 1. The average molecular weight is 454 g/mol. The first-order chi connectivity index (χ1) is 16.6. The van der Waals surface area contributed by atoms with E-state index < -0.39 is 5.60 Å². The largest absolute Gasteiger partial charge is 0.497 e. The molecule has 1 fully saturated rings. The number of hydrogen-bond acceptors (Lipinski definition) is 4. The smallest absolute Gasteiger partial charge is 0.254 e. The number of carbonyl (C=O) groups is 2. The Morgan fingerprint density at radius 2 is 1.65 bits per heavy atom. The van der Waals surface area contributed by atoms with E-state index in [1.54, 1.807) is 19.2 Å². The van der Waals surface area contributed by atoms with E-state index in [0.29, 0.717) is 55.0 Å². The number of likely N-dealkylation sites (tertiary alicyclic amines) is 1. The van der Waals surface area contributed by atoms with Crippen LogP contribution in [0.1, 0.15) is 40.7 Å². The number of piperidine rings is 1. The molecule has 1 saturated heterocycles. The highest BCUT2D eigenvalue weighted by Crippen LogP contribution is 2.41. The van der Waals surface area contributed by atoms with Crippen LogP contribution in [0.25, 0.3) is 11.6 Å². The molecule has 34 heavy (non-hydrogen) atoms. The van der Waals surface area contributed by atoms with Gasteiger partial charge in [-0.1, -0.05) is 60.7 Å². The number of fused-ring (bicyclic) bond motifs is 1. The Kier molecular flexibility index (Phi) is 5.93. The summed E-state index contributed by atoms with van der Waals surface area (Å²) in [5, 5.41) is 0. The first-order valence-electron chi connectivity index (χ1n) is 11.6. The van der Waals surface area contributed by atoms with Gasteiger partial charge in [-0.2, -0.15) is 0 Å². The summed E-state index contributed by atoms with van der Waals surface area (Å²) >= 11 is 0. The number of carbonyl (C=O) groups excluding carboxylic acids is 2. The van der Waals surface area contributed by atoms with Crippen LogP contribution < -0.4 is 9.47 Å². The molecule has 3 aromatic carbocycles. The van der Waals surface area contributed by atoms with E-state index in [0.717, 1.165) is 11.1 Å². The predicted octanol–water partition coefficient (Wildman–Crippen LogP) is 5.26. The Labute approximate surface area is 199 Å². The normalized spacial score (nSPS) is 17.1. The molecule has 2 aliphatic rings. The molecule has 0 unspecified atom stereocenters. The van der Waals surface area contributed by atoms with Gasteiger partial charge in [-0.05, 0) is 35.4 Å². The minimum Gasteiger partial charge on any atom is -0.497 e. The Morgan fingerprint density at radius 3 is 2.32 bits per heavy atom. The van der Waals surface area contributed by atoms with E-state index in [1.165, 1.54) is 0 Å². The first-order valence-corrected chi connectivity index (χ1v) is 11.6. The summed E-state index contributed by atoms with van der Waals surface area (Å²) in [5.74, 6) is 1.31. The van der Waals surface area contributed by atoms with Crippen LogP contribution in [0.15, 0.2) is 78.9 Å². The van der Waals surface area contributed by atoms with Crippen LogP contribution in [0, 0.1) is 0 Å². The molecule has 5 rings (SSSR count). The minimum atomic E-state index is -0.564. The van der Waals surface area contributed by atoms with Crippen molar-refractivity contribution < 1.29 is 19.1 Å². The molecule has 1 spiro atoms. The number of ether oxygens (including phenoxy) is 2. The molecule has 2 heterocycles. The molecule has 1 amide bonds. The summed E-state index contributed by atoms with van der Waals surface area (Å²) in [7, 11) is 1.58. The van der Waals surface area contributed by atoms with Gasteiger partial charge in [-0.3, -0.25) is 9.59 Å². The van der Waals surface area contributed by atoms with E-state index >= 15 is 0 Å². The highest BCUT2D eigenvalue weighted by Gasteiger charge is 2.44. The highest BCUT2D eigenvalue weighted by molar-refractivity contribution is 6.24. The van der Waals surface area contributed by atoms with E-state index in [9.17, 15) is 9.59 Å². The highest BCUT2D eigenvalue weighted by atomic mass is 16.5. The predicted molar refractivity (Wildman–Crippen MR) is 132 cm³/mol. The second kappa shape index (κ2) is 9.18. The second-order valence-corrected chi connectivity index (χ2v) is 8.87. The van der Waals surface area contributed by atoms with E-state index in [2.05, 4.69) is 0 Å². The van der Waals surface area contributed by atoms with Gasteiger partial charge in [0.05, 0.1) is 19.1 Å². The maximum Gasteiger partial charge on any atom is 0.254 e. The molecule has 2 aliphatic heterocycles. The monoisotopic (exact) mass is 453 g/mol. The third-order valence-corrected chi connectivity index (χ3v) is 6.68. The van der Waals surface area contributed by atoms with Gasteiger partial charge in [0.25, 0.3) is 5.91 Å². The van der Waals surface area contributed by atoms with Crippen LogP contribution in [0.5, 0.6) is 11.5 Å². The van der Waals surface area contributed by atoms with Crippen LogP contribution in [-0.4, -0.2) is 42.4 Å². The molecule has 0 aliphatic carbocycles. The summed E-state index contributed by atoms with van der Waals surface area (Å²) in [6.07, 6.45) is 3.50. The Bertz CT molecular complexity index is 1230. The topological polar surface area (TPSA) is 55.8 Å². The summed E-state index contributed by atoms with van der Waals surface area (Å²) < 4.78 is 11.6. The third kappa shape index (κ3) is 4.34. The maximum atomic E-state index is 13.6. The Morgan fingerprint density at radius 1 is 0.971 bits per heavy atom. The zero-order valence-corrected chi connectivity index (χ0v) is 19.2. The second-order valence-electron chi connectivity index (χ2n) is 8.87. The zero-order chi connectivity index (χ0) is 23.5. The van der Waals surface area contributed by atoms with Gasteiger partial charge < -0.3 is 14.4 Å². The summed E-state index contributed by atoms with van der Waals surface area (Å²) in [5.41, 5.74) is 2.55. The van der Waals surface area contributed by atoms with Gasteiger partial charge in [0.2, 0.25) is 0 Å². The van der Waals surface area contributed by atoms with Gasteiger partial charge in [0.15, 0.2) is 5.78 Å². The quantitative estimate of drug-likeness (QED) is 0.399. The van der Waals surface area contributed by atoms with Crippen molar-refractivity contribution in [3.8, 4) is 11.5 Å². The molecule has 5 nitrogen and oxygen atoms in total. The number of benzene rings is 3. The Hall–Kier alpha value is -3.86. The van der Waals surface area contributed by atoms with Crippen molar-refractivity contribution in [2.24, 2.45) is 0 Å². The lowest BCUT2D eigenvalue weighted by molar-refractivity contribution is -0.128. The number of nitrogens with zero attached hydrogens (tertiary/aromatic N) is 1. The van der Waals surface area contributed by atoms with E-state index in [-0.39, 0.29) is 11.7 Å². The van der Waals surface area contributed by atoms with Gasteiger partial charge in [0, 0.05) is 31.5 Å². The Balaban J connectivity index is 1.35. The third-order valence-electron chi connectivity index (χ3n) is 6.68. The fraction of sp³-hybridized carbons (Fsp3) is 0.241. The van der Waals surface area contributed by atoms with Crippen LogP contribution in [0.4, 0.5) is 0 Å². The van der Waals surface area contributed by atoms with Crippen molar-refractivity contribution in [3.05, 3.63) is 95.6 Å². The van der Waals surface area contributed by atoms with Crippen molar-refractivity contribution in [2.45, 2.75) is 24.9 Å². The molecular formula is C29H27NO4. The number of ketones is 1. The molecule has 0 N–H and O–H groups in total. The number of amides is 1. The number of Topliss-reactive ketones (excluding diaryl/α,β-unsaturated/α-hetero) is 1. The number of rotatable bonds is 4. The molecule has 0 aromatic heterocycles. The molecule has 0 radical (unpaired) electrons. The van der Waals surface area contributed by atoms with Gasteiger partial charge >= 0.3 is 0 Å². The zero-order valence-electron chi connectivity index (χ0n) is 19.2. The van der Waals surface area contributed by atoms with Gasteiger partial charge in [0.1, 0.15) is 17.1 Å². The SMILES string of the molecule is COc1ccc2c(c1)C(=O)CC1(CCN(C(=O)/C(=C\c3ccccc3)c3ccccc3)CC1)O2. The molecule has 0 bridgehead atoms. The minimum absolute atomic E-state index is 0.00262. The molecular weight excluding hydrogens is 426 g/mol. The van der Waals surface area contributed by atoms with Crippen LogP contribution in [-0.2, 0) is 4.79 Å². The van der Waals surface area contributed by atoms with Crippen LogP contribution in [0.3, 0.4) is 0 Å². The van der Waals surface area contributed by atoms with E-state index in [4.69, 9.17) is 9.47 Å². The van der Waals surface area contributed by atoms with Gasteiger partial charge in [-0.25, -0.2) is 0 Å². The standard InChI is InChI=1S/C29H27NO4/c1-33-23-12-13-27-25(19-23)26(31)20-29(34-27)14-16-30(17-15-29)28(32)24(22-10-6-3-7-11-22)18-21-8-4-2-5-9-21/h2-13,18-19H,14-17,20H2,1H3/b24-18-. The van der Waals surface area contributed by atoms with Crippen molar-refractivity contribution in [3.63, 3.8) is 0 Å². The molecule has 5 heteroatoms. The molecule has 0 saturated carbocycles. The molecule has 3 aromatic rings. The van der Waals surface area contributed by atoms with Crippen molar-refractivity contribution in [1.29, 1.82) is 0 Å². The first kappa shape index (κ1) is 22.0. The number of hydrogen-bond donors (Lipinski definition) is 0. The lowest BCUT2D eigenvalue weighted by atomic mass is 9.82. The van der Waals surface area contributed by atoms with Crippen molar-refractivity contribution >= 4 is 23.3 Å². The van der Waals surface area contributed by atoms with Crippen molar-refractivity contribution in [2.75, 3.05) is 20.2 Å². The van der Waals surface area contributed by atoms with Crippen LogP contribution >= 0.6 is 0 Å². The molecule has 0 atom stereocenters. The summed E-state index contributed by atoms with van der Waals surface area (Å²) in [4.78, 5) is 28.4. The van der Waals surface area contributed by atoms with Gasteiger partial charge in [-0.15, -0.1) is 0 Å².